The third-order valence-electron chi connectivity index (χ3n) is 1.88. The van der Waals surface area contributed by atoms with Gasteiger partial charge in [-0.2, -0.15) is 0 Å². The van der Waals surface area contributed by atoms with E-state index in [9.17, 15) is 4.79 Å². The summed E-state index contributed by atoms with van der Waals surface area (Å²) in [5.74, 6) is 0.309. The van der Waals surface area contributed by atoms with Gasteiger partial charge in [0, 0.05) is 24.9 Å². The normalized spacial score (nSPS) is 10.1. The first-order valence-corrected chi connectivity index (χ1v) is 4.24. The molecule has 0 saturated carbocycles. The second-order valence-electron chi connectivity index (χ2n) is 2.94. The van der Waals surface area contributed by atoms with Crippen molar-refractivity contribution in [2.75, 3.05) is 0 Å². The van der Waals surface area contributed by atoms with Crippen LogP contribution >= 0.6 is 0 Å². The Balaban J connectivity index is 2.39. The maximum absolute atomic E-state index is 11.0. The molecule has 0 saturated heterocycles. The lowest BCUT2D eigenvalue weighted by atomic mass is 10.2. The zero-order valence-electron chi connectivity index (χ0n) is 7.69. The third kappa shape index (κ3) is 1.54. The molecule has 1 N–H and O–H groups in total. The van der Waals surface area contributed by atoms with Crippen LogP contribution < -0.4 is 0 Å². The molecule has 4 nitrogen and oxygen atoms in total. The summed E-state index contributed by atoms with van der Waals surface area (Å²) in [6.07, 6.45) is 5.05. The molecule has 4 heteroatoms. The number of aromatic nitrogens is 3. The van der Waals surface area contributed by atoms with Gasteiger partial charge in [0.15, 0.2) is 11.6 Å². The Hall–Kier alpha value is -1.97. The molecule has 0 fully saturated rings. The van der Waals surface area contributed by atoms with E-state index in [-0.39, 0.29) is 5.78 Å². The maximum Gasteiger partial charge on any atom is 0.194 e. The zero-order valence-corrected chi connectivity index (χ0v) is 7.69. The Morgan fingerprint density at radius 2 is 2.29 bits per heavy atom. The predicted molar refractivity (Wildman–Crippen MR) is 51.8 cm³/mol. The van der Waals surface area contributed by atoms with Gasteiger partial charge in [-0.05, 0) is 12.1 Å². The van der Waals surface area contributed by atoms with Gasteiger partial charge in [-0.3, -0.25) is 9.78 Å². The number of carbonyl (C=O) groups excluding carboxylic acids is 1. The van der Waals surface area contributed by atoms with Gasteiger partial charge < -0.3 is 4.98 Å². The van der Waals surface area contributed by atoms with Crippen LogP contribution in [0.15, 0.2) is 30.7 Å². The molecule has 0 amide bonds. The van der Waals surface area contributed by atoms with E-state index in [1.807, 2.05) is 12.1 Å². The van der Waals surface area contributed by atoms with Crippen molar-refractivity contribution in [3.63, 3.8) is 0 Å². The van der Waals surface area contributed by atoms with Crippen molar-refractivity contribution >= 4 is 5.78 Å². The monoisotopic (exact) mass is 187 g/mol. The Kier molecular flexibility index (Phi) is 2.10. The van der Waals surface area contributed by atoms with E-state index in [0.717, 1.165) is 11.3 Å². The minimum Gasteiger partial charge on any atom is -0.335 e. The van der Waals surface area contributed by atoms with E-state index >= 15 is 0 Å². The number of rotatable bonds is 2. The smallest absolute Gasteiger partial charge is 0.194 e. The van der Waals surface area contributed by atoms with Crippen molar-refractivity contribution in [1.29, 1.82) is 0 Å². The number of hydrogen-bond acceptors (Lipinski definition) is 3. The van der Waals surface area contributed by atoms with Crippen LogP contribution in [0.1, 0.15) is 17.5 Å². The highest BCUT2D eigenvalue weighted by atomic mass is 16.1. The molecule has 0 atom stereocenters. The summed E-state index contributed by atoms with van der Waals surface area (Å²) in [5, 5.41) is 0. The fourth-order valence-electron chi connectivity index (χ4n) is 1.17. The number of Topliss-reactive ketones (excluding diaryl/α,β-unsaturated/α-hetero) is 1. The lowest BCUT2D eigenvalue weighted by Gasteiger charge is -1.93. The highest BCUT2D eigenvalue weighted by Crippen LogP contribution is 2.14. The molecule has 0 bridgehead atoms. The molecular weight excluding hydrogens is 178 g/mol. The number of nitrogens with zero attached hydrogens (tertiary/aromatic N) is 2. The van der Waals surface area contributed by atoms with Crippen LogP contribution in [0.3, 0.4) is 0 Å². The average Bonchev–Trinajstić information content (AvgIpc) is 2.68. The lowest BCUT2D eigenvalue weighted by molar-refractivity contribution is 0.100. The average molecular weight is 187 g/mol. The Morgan fingerprint density at radius 3 is 2.86 bits per heavy atom. The molecule has 2 aromatic heterocycles. The molecule has 2 heterocycles. The molecule has 2 rings (SSSR count). The molecule has 0 spiro atoms. The van der Waals surface area contributed by atoms with Crippen LogP contribution in [0, 0.1) is 0 Å². The fraction of sp³-hybridized carbons (Fsp3) is 0.100. The summed E-state index contributed by atoms with van der Waals surface area (Å²) < 4.78 is 0. The lowest BCUT2D eigenvalue weighted by Crippen LogP contribution is -1.93. The van der Waals surface area contributed by atoms with Crippen LogP contribution in [0.5, 0.6) is 0 Å². The summed E-state index contributed by atoms with van der Waals surface area (Å²) in [4.78, 5) is 21.9. The number of aromatic amines is 1. The number of H-pyrrole nitrogens is 1. The van der Waals surface area contributed by atoms with Crippen molar-refractivity contribution in [2.24, 2.45) is 0 Å². The summed E-state index contributed by atoms with van der Waals surface area (Å²) in [6.45, 7) is 1.48. The van der Waals surface area contributed by atoms with Crippen molar-refractivity contribution in [3.8, 4) is 11.3 Å². The van der Waals surface area contributed by atoms with Crippen molar-refractivity contribution < 1.29 is 4.79 Å². The van der Waals surface area contributed by atoms with Gasteiger partial charge in [0.2, 0.25) is 0 Å². The number of hydrogen-bond donors (Lipinski definition) is 1. The van der Waals surface area contributed by atoms with Gasteiger partial charge in [0.1, 0.15) is 0 Å². The zero-order chi connectivity index (χ0) is 9.97. The molecule has 0 unspecified atom stereocenters. The Labute approximate surface area is 81.0 Å². The summed E-state index contributed by atoms with van der Waals surface area (Å²) in [6, 6.07) is 3.74. The topological polar surface area (TPSA) is 58.6 Å². The number of carbonyl (C=O) groups is 1. The first-order valence-electron chi connectivity index (χ1n) is 4.24. The Bertz CT molecular complexity index is 447. The van der Waals surface area contributed by atoms with Crippen LogP contribution in [0.25, 0.3) is 11.3 Å². The summed E-state index contributed by atoms with van der Waals surface area (Å²) >= 11 is 0. The van der Waals surface area contributed by atoms with E-state index < -0.39 is 0 Å². The summed E-state index contributed by atoms with van der Waals surface area (Å²) in [7, 11) is 0. The van der Waals surface area contributed by atoms with Crippen LogP contribution in [-0.4, -0.2) is 20.7 Å². The molecule has 14 heavy (non-hydrogen) atoms. The molecule has 0 aliphatic carbocycles. The van der Waals surface area contributed by atoms with Gasteiger partial charge in [-0.25, -0.2) is 4.98 Å². The van der Waals surface area contributed by atoms with Crippen LogP contribution in [0.2, 0.25) is 0 Å². The van der Waals surface area contributed by atoms with Gasteiger partial charge in [0.25, 0.3) is 0 Å². The van der Waals surface area contributed by atoms with Gasteiger partial charge in [0.05, 0.1) is 11.9 Å². The van der Waals surface area contributed by atoms with E-state index in [1.54, 1.807) is 18.6 Å². The van der Waals surface area contributed by atoms with Crippen molar-refractivity contribution in [1.82, 2.24) is 15.0 Å². The molecule has 0 aromatic carbocycles. The molecule has 0 aliphatic rings. The number of ketones is 1. The third-order valence-corrected chi connectivity index (χ3v) is 1.88. The number of imidazole rings is 1. The van der Waals surface area contributed by atoms with Gasteiger partial charge in [-0.1, -0.05) is 0 Å². The van der Waals surface area contributed by atoms with E-state index in [4.69, 9.17) is 0 Å². The largest absolute Gasteiger partial charge is 0.335 e. The van der Waals surface area contributed by atoms with Crippen molar-refractivity contribution in [2.45, 2.75) is 6.92 Å². The highest BCUT2D eigenvalue weighted by molar-refractivity contribution is 5.90. The minimum absolute atomic E-state index is 0.0693. The van der Waals surface area contributed by atoms with E-state index in [2.05, 4.69) is 15.0 Å². The standard InChI is InChI=1S/C10H9N3O/c1-7(14)10-12-6-9(13-10)8-3-2-4-11-5-8/h2-6H,1H3,(H,12,13). The van der Waals surface area contributed by atoms with Crippen molar-refractivity contribution in [3.05, 3.63) is 36.5 Å². The van der Waals surface area contributed by atoms with E-state index in [0.29, 0.717) is 5.82 Å². The molecule has 0 radical (unpaired) electrons. The maximum atomic E-state index is 11.0. The molecule has 0 aliphatic heterocycles. The van der Waals surface area contributed by atoms with Crippen LogP contribution in [0.4, 0.5) is 0 Å². The second-order valence-corrected chi connectivity index (χ2v) is 2.94. The first-order chi connectivity index (χ1) is 6.77. The molecular formula is C10H9N3O. The van der Waals surface area contributed by atoms with Gasteiger partial charge in [-0.15, -0.1) is 0 Å². The number of pyridine rings is 1. The second kappa shape index (κ2) is 3.41. The highest BCUT2D eigenvalue weighted by Gasteiger charge is 2.05. The number of nitrogens with one attached hydrogen (secondary N) is 1. The fourth-order valence-corrected chi connectivity index (χ4v) is 1.17. The minimum atomic E-state index is -0.0693. The van der Waals surface area contributed by atoms with E-state index in [1.165, 1.54) is 6.92 Å². The summed E-state index contributed by atoms with van der Waals surface area (Å²) in [5.41, 5.74) is 1.73. The molecule has 70 valence electrons. The SMILES string of the molecule is CC(=O)c1ncc(-c2cccnc2)[nH]1. The van der Waals surface area contributed by atoms with Gasteiger partial charge >= 0.3 is 0 Å². The predicted octanol–water partition coefficient (Wildman–Crippen LogP) is 1.67. The first kappa shape index (κ1) is 8.62. The Morgan fingerprint density at radius 1 is 1.43 bits per heavy atom. The quantitative estimate of drug-likeness (QED) is 0.727. The molecule has 2 aromatic rings. The van der Waals surface area contributed by atoms with Crippen LogP contribution in [-0.2, 0) is 0 Å².